The maximum atomic E-state index is 6.36. The molecule has 22 heavy (non-hydrogen) atoms. The zero-order valence-corrected chi connectivity index (χ0v) is 16.2. The average molecular weight is 377 g/mol. The van der Waals surface area contributed by atoms with E-state index < -0.39 is 0 Å². The summed E-state index contributed by atoms with van der Waals surface area (Å²) in [4.78, 5) is 0. The van der Waals surface area contributed by atoms with Crippen molar-refractivity contribution in [2.24, 2.45) is 5.73 Å². The Balaban J connectivity index is 0.00000220. The van der Waals surface area contributed by atoms with Crippen molar-refractivity contribution in [2.75, 3.05) is 13.2 Å². The van der Waals surface area contributed by atoms with Crippen molar-refractivity contribution in [3.8, 4) is 0 Å². The molecule has 121 valence electrons. The van der Waals surface area contributed by atoms with Gasteiger partial charge in [-0.05, 0) is 0 Å². The van der Waals surface area contributed by atoms with Gasteiger partial charge in [-0.2, -0.15) is 0 Å². The first kappa shape index (κ1) is 22.2. The van der Waals surface area contributed by atoms with Gasteiger partial charge in [0.1, 0.15) is 0 Å². The molecule has 2 nitrogen and oxygen atoms in total. The van der Waals surface area contributed by atoms with Gasteiger partial charge < -0.3 is 24.8 Å². The topological polar surface area (TPSA) is 35.2 Å². The van der Waals surface area contributed by atoms with Gasteiger partial charge in [0.25, 0.3) is 0 Å². The van der Waals surface area contributed by atoms with Crippen LogP contribution < -0.4 is 30.5 Å². The van der Waals surface area contributed by atoms with Crippen molar-refractivity contribution < 1.29 is 50.0 Å². The molecule has 0 fully saturated rings. The Labute approximate surface area is 158 Å². The molecule has 2 aliphatic rings. The predicted molar refractivity (Wildman–Crippen MR) is 79.9 cm³/mol. The van der Waals surface area contributed by atoms with Crippen LogP contribution in [0.3, 0.4) is 0 Å². The van der Waals surface area contributed by atoms with Crippen LogP contribution in [0, 0.1) is 0 Å². The minimum atomic E-state index is -0.218. The summed E-state index contributed by atoms with van der Waals surface area (Å²) in [5.74, 6) is 0. The first-order valence-corrected chi connectivity index (χ1v) is 8.30. The Morgan fingerprint density at radius 2 is 2.09 bits per heavy atom. The van der Waals surface area contributed by atoms with Crippen LogP contribution in [-0.2, 0) is 25.2 Å². The molecule has 1 atom stereocenters. The third-order valence-electron chi connectivity index (χ3n) is 4.07. The summed E-state index contributed by atoms with van der Waals surface area (Å²) in [6, 6.07) is 0. The molecule has 2 N–H and O–H groups in total. The molecule has 1 unspecified atom stereocenters. The fourth-order valence-corrected chi connectivity index (χ4v) is 3.26. The third-order valence-corrected chi connectivity index (χ3v) is 4.89. The molecule has 0 aromatic rings. The Bertz CT molecular complexity index is 471. The second kappa shape index (κ2) is 10.9. The zero-order valence-electron chi connectivity index (χ0n) is 13.1. The summed E-state index contributed by atoms with van der Waals surface area (Å²) in [7, 11) is 0. The summed E-state index contributed by atoms with van der Waals surface area (Å²) in [5.41, 5.74) is 8.42. The minimum absolute atomic E-state index is 0. The molecule has 0 radical (unpaired) electrons. The number of ether oxygens (including phenoxy) is 1. The van der Waals surface area contributed by atoms with E-state index >= 15 is 0 Å². The smallest absolute Gasteiger partial charge is 1.00 e. The van der Waals surface area contributed by atoms with Gasteiger partial charge in [0, 0.05) is 0 Å². The predicted octanol–water partition coefficient (Wildman–Crippen LogP) is -2.45. The van der Waals surface area contributed by atoms with E-state index in [0.717, 1.165) is 38.7 Å². The van der Waals surface area contributed by atoms with Gasteiger partial charge >= 0.3 is 134 Å². The van der Waals surface area contributed by atoms with E-state index in [1.54, 1.807) is 0 Å². The third kappa shape index (κ3) is 5.37. The van der Waals surface area contributed by atoms with Crippen LogP contribution in [0.25, 0.3) is 0 Å². The monoisotopic (exact) mass is 376 g/mol. The maximum Gasteiger partial charge on any atom is -1.00 e. The Hall–Kier alpha value is 0.174. The second-order valence-corrected chi connectivity index (χ2v) is 6.45. The first-order chi connectivity index (χ1) is 9.72. The molecule has 0 aromatic heterocycles. The molecule has 0 heterocycles. The van der Waals surface area contributed by atoms with Crippen molar-refractivity contribution >= 4 is 0 Å². The van der Waals surface area contributed by atoms with Crippen LogP contribution in [0.4, 0.5) is 0 Å². The Morgan fingerprint density at radius 1 is 1.32 bits per heavy atom. The van der Waals surface area contributed by atoms with Crippen LogP contribution in [0.5, 0.6) is 0 Å². The molecular weight excluding hydrogens is 353 g/mol. The Kier molecular flexibility index (Phi) is 10.9. The SMILES string of the molecule is CCCCOC1(CC2=[C]([Ti+2])CC=C2)CC=CC=C1CN.[Cl-].[Cl-]. The molecule has 0 spiro atoms. The van der Waals surface area contributed by atoms with E-state index in [0.29, 0.717) is 6.54 Å². The number of hydrogen-bond donors (Lipinski definition) is 1. The largest absolute Gasteiger partial charge is 1.00 e. The normalized spacial score (nSPS) is 23.2. The first-order valence-electron chi connectivity index (χ1n) is 7.52. The fourth-order valence-electron chi connectivity index (χ4n) is 2.80. The van der Waals surface area contributed by atoms with Gasteiger partial charge in [-0.1, -0.05) is 0 Å². The van der Waals surface area contributed by atoms with E-state index in [1.807, 2.05) is 0 Å². The van der Waals surface area contributed by atoms with Crippen LogP contribution in [0.1, 0.15) is 39.0 Å². The van der Waals surface area contributed by atoms with Gasteiger partial charge in [-0.3, -0.25) is 0 Å². The zero-order chi connectivity index (χ0) is 14.4. The van der Waals surface area contributed by atoms with E-state index in [4.69, 9.17) is 10.5 Å². The Morgan fingerprint density at radius 3 is 2.68 bits per heavy atom. The number of nitrogens with two attached hydrogens (primary N) is 1. The summed E-state index contributed by atoms with van der Waals surface area (Å²) in [6.07, 6.45) is 16.2. The summed E-state index contributed by atoms with van der Waals surface area (Å²) in [6.45, 7) is 3.59. The number of hydrogen-bond acceptors (Lipinski definition) is 2. The standard InChI is InChI=1S/C17H24NO.2ClH.Ti/c1-2-3-12-19-17(13-15-8-4-5-9-15)11-7-6-10-16(17)14-18;;;/h4,6-8,10H,2-3,5,11-14,18H2,1H3;2*1H;/q;;;+2/p-2. The fraction of sp³-hybridized carbons (Fsp3) is 0.529. The van der Waals surface area contributed by atoms with Gasteiger partial charge in [0.15, 0.2) is 0 Å². The molecule has 0 bridgehead atoms. The van der Waals surface area contributed by atoms with Crippen LogP contribution >= 0.6 is 0 Å². The van der Waals surface area contributed by atoms with Gasteiger partial charge in [-0.15, -0.1) is 0 Å². The molecule has 2 aliphatic carbocycles. The van der Waals surface area contributed by atoms with E-state index in [-0.39, 0.29) is 30.4 Å². The van der Waals surface area contributed by atoms with Gasteiger partial charge in [0.2, 0.25) is 0 Å². The van der Waals surface area contributed by atoms with Crippen molar-refractivity contribution in [2.45, 2.75) is 44.6 Å². The molecular formula is C17H24Cl2NOTi. The van der Waals surface area contributed by atoms with Crippen LogP contribution in [0.15, 0.2) is 45.4 Å². The van der Waals surface area contributed by atoms with Crippen molar-refractivity contribution in [1.82, 2.24) is 0 Å². The molecule has 0 amide bonds. The second-order valence-electron chi connectivity index (χ2n) is 5.51. The quantitative estimate of drug-likeness (QED) is 0.395. The number of halogens is 2. The van der Waals surface area contributed by atoms with Crippen molar-refractivity contribution in [1.29, 1.82) is 0 Å². The molecule has 0 aromatic carbocycles. The average Bonchev–Trinajstić information content (AvgIpc) is 2.85. The number of rotatable bonds is 7. The van der Waals surface area contributed by atoms with Crippen molar-refractivity contribution in [3.63, 3.8) is 0 Å². The van der Waals surface area contributed by atoms with E-state index in [1.165, 1.54) is 15.0 Å². The van der Waals surface area contributed by atoms with Crippen molar-refractivity contribution in [3.05, 3.63) is 45.4 Å². The molecule has 0 saturated carbocycles. The number of unbranched alkanes of at least 4 members (excludes halogenated alkanes) is 1. The molecule has 0 aliphatic heterocycles. The van der Waals surface area contributed by atoms with Gasteiger partial charge in [0.05, 0.1) is 0 Å². The van der Waals surface area contributed by atoms with E-state index in [9.17, 15) is 0 Å². The molecule has 0 saturated heterocycles. The summed E-state index contributed by atoms with van der Waals surface area (Å²) >= 11 is 2.22. The van der Waals surface area contributed by atoms with E-state index in [2.05, 4.69) is 57.7 Å². The van der Waals surface area contributed by atoms with Gasteiger partial charge in [-0.25, -0.2) is 0 Å². The maximum absolute atomic E-state index is 6.36. The summed E-state index contributed by atoms with van der Waals surface area (Å²) in [5, 5.41) is 0. The molecule has 2 rings (SSSR count). The minimum Gasteiger partial charge on any atom is -1.00 e. The molecule has 5 heteroatoms. The summed E-state index contributed by atoms with van der Waals surface area (Å²) < 4.78 is 7.82. The number of allylic oxidation sites excluding steroid dienone is 5. The van der Waals surface area contributed by atoms with Crippen LogP contribution in [-0.4, -0.2) is 18.8 Å². The van der Waals surface area contributed by atoms with Crippen LogP contribution in [0.2, 0.25) is 0 Å².